The van der Waals surface area contributed by atoms with E-state index in [1.807, 2.05) is 24.3 Å². The molecule has 0 radical (unpaired) electrons. The Morgan fingerprint density at radius 1 is 1.14 bits per heavy atom. The van der Waals surface area contributed by atoms with Crippen LogP contribution in [0.3, 0.4) is 0 Å². The number of piperidine rings is 1. The molecule has 3 aromatic rings. The van der Waals surface area contributed by atoms with Gasteiger partial charge in [0.05, 0.1) is 16.8 Å². The number of hydrogen-bond donors (Lipinski definition) is 1. The van der Waals surface area contributed by atoms with Crippen molar-refractivity contribution in [3.8, 4) is 10.6 Å². The maximum absolute atomic E-state index is 12.4. The van der Waals surface area contributed by atoms with Crippen LogP contribution in [0, 0.1) is 18.8 Å². The molecule has 28 heavy (non-hydrogen) atoms. The highest BCUT2D eigenvalue weighted by Crippen LogP contribution is 2.31. The lowest BCUT2D eigenvalue weighted by atomic mass is 9.92. The van der Waals surface area contributed by atoms with Crippen LogP contribution in [0.4, 0.5) is 5.69 Å². The predicted molar refractivity (Wildman–Crippen MR) is 118 cm³/mol. The van der Waals surface area contributed by atoms with Crippen LogP contribution in [0.15, 0.2) is 42.5 Å². The second kappa shape index (κ2) is 8.02. The number of rotatable bonds is 4. The third-order valence-corrected chi connectivity index (χ3v) is 6.34. The number of nitrogens with one attached hydrogen (secondary N) is 1. The first-order valence-corrected chi connectivity index (χ1v) is 10.8. The lowest BCUT2D eigenvalue weighted by Gasteiger charge is -2.34. The summed E-state index contributed by atoms with van der Waals surface area (Å²) < 4.78 is 1.21. The fraction of sp³-hybridized carbons (Fsp3) is 0.391. The quantitative estimate of drug-likeness (QED) is 0.664. The number of aromatic nitrogens is 1. The Morgan fingerprint density at radius 3 is 2.57 bits per heavy atom. The third-order valence-electron chi connectivity index (χ3n) is 5.27. The van der Waals surface area contributed by atoms with E-state index in [1.54, 1.807) is 11.3 Å². The molecule has 1 fully saturated rings. The van der Waals surface area contributed by atoms with Crippen LogP contribution >= 0.6 is 11.3 Å². The number of nitrogens with zero attached hydrogens (tertiary/aromatic N) is 2. The van der Waals surface area contributed by atoms with Gasteiger partial charge in [-0.15, -0.1) is 11.3 Å². The van der Waals surface area contributed by atoms with Crippen LogP contribution in [0.1, 0.15) is 25.8 Å². The van der Waals surface area contributed by atoms with Crippen molar-refractivity contribution in [2.45, 2.75) is 27.2 Å². The number of aryl methyl sites for hydroxylation is 1. The molecule has 1 amide bonds. The summed E-state index contributed by atoms with van der Waals surface area (Å²) in [5.41, 5.74) is 4.20. The lowest BCUT2D eigenvalue weighted by molar-refractivity contribution is -0.117. The van der Waals surface area contributed by atoms with Gasteiger partial charge < -0.3 is 5.32 Å². The number of fused-ring (bicyclic) bond motifs is 1. The molecule has 0 spiro atoms. The van der Waals surface area contributed by atoms with Gasteiger partial charge in [-0.25, -0.2) is 4.98 Å². The normalized spacial score (nSPS) is 20.4. The monoisotopic (exact) mass is 393 g/mol. The van der Waals surface area contributed by atoms with Crippen molar-refractivity contribution < 1.29 is 4.79 Å². The fourth-order valence-electron chi connectivity index (χ4n) is 4.18. The van der Waals surface area contributed by atoms with Gasteiger partial charge in [-0.2, -0.15) is 0 Å². The number of hydrogen-bond acceptors (Lipinski definition) is 4. The first-order valence-electron chi connectivity index (χ1n) is 9.96. The number of amides is 1. The van der Waals surface area contributed by atoms with Gasteiger partial charge in [0.2, 0.25) is 5.91 Å². The molecule has 1 aromatic heterocycles. The van der Waals surface area contributed by atoms with E-state index in [0.29, 0.717) is 18.4 Å². The molecule has 1 aliphatic rings. The van der Waals surface area contributed by atoms with E-state index in [1.165, 1.54) is 16.7 Å². The van der Waals surface area contributed by atoms with Gasteiger partial charge in [0, 0.05) is 24.3 Å². The van der Waals surface area contributed by atoms with E-state index in [0.717, 1.165) is 34.9 Å². The minimum atomic E-state index is 0.0597. The zero-order valence-corrected chi connectivity index (χ0v) is 17.6. The summed E-state index contributed by atoms with van der Waals surface area (Å²) in [6.45, 7) is 9.11. The van der Waals surface area contributed by atoms with Crippen LogP contribution in [0.2, 0.25) is 0 Å². The number of carbonyl (C=O) groups excluding carboxylic acids is 1. The van der Waals surface area contributed by atoms with E-state index in [9.17, 15) is 4.79 Å². The number of anilines is 1. The molecule has 2 aromatic carbocycles. The average Bonchev–Trinajstić information content (AvgIpc) is 3.04. The van der Waals surface area contributed by atoms with Crippen LogP contribution in [-0.4, -0.2) is 35.4 Å². The Bertz CT molecular complexity index is 969. The SMILES string of the molecule is Cc1ccc2nc(-c3ccc(NC(=O)CN4CC(C)CC(C)C4)cc3)sc2c1. The van der Waals surface area contributed by atoms with Gasteiger partial charge in [-0.3, -0.25) is 9.69 Å². The number of likely N-dealkylation sites (tertiary alicyclic amines) is 1. The molecule has 1 saturated heterocycles. The minimum Gasteiger partial charge on any atom is -0.325 e. The Morgan fingerprint density at radius 2 is 1.86 bits per heavy atom. The first kappa shape index (κ1) is 19.1. The summed E-state index contributed by atoms with van der Waals surface area (Å²) in [6.07, 6.45) is 1.25. The van der Waals surface area contributed by atoms with Crippen LogP contribution in [0.5, 0.6) is 0 Å². The molecule has 2 heterocycles. The lowest BCUT2D eigenvalue weighted by Crippen LogP contribution is -2.42. The van der Waals surface area contributed by atoms with E-state index >= 15 is 0 Å². The molecular formula is C23H27N3OS. The van der Waals surface area contributed by atoms with Crippen molar-refractivity contribution in [3.05, 3.63) is 48.0 Å². The van der Waals surface area contributed by atoms with Crippen molar-refractivity contribution in [2.75, 3.05) is 25.0 Å². The fourth-order valence-corrected chi connectivity index (χ4v) is 5.25. The molecule has 4 nitrogen and oxygen atoms in total. The van der Waals surface area contributed by atoms with Crippen LogP contribution < -0.4 is 5.32 Å². The zero-order valence-electron chi connectivity index (χ0n) is 16.7. The van der Waals surface area contributed by atoms with Crippen molar-refractivity contribution in [1.82, 2.24) is 9.88 Å². The molecule has 0 saturated carbocycles. The largest absolute Gasteiger partial charge is 0.325 e. The predicted octanol–water partition coefficient (Wildman–Crippen LogP) is 5.19. The Kier molecular flexibility index (Phi) is 5.47. The Hall–Kier alpha value is -2.24. The summed E-state index contributed by atoms with van der Waals surface area (Å²) in [7, 11) is 0. The highest BCUT2D eigenvalue weighted by molar-refractivity contribution is 7.21. The molecule has 1 aliphatic heterocycles. The second-order valence-corrected chi connectivity index (χ2v) is 9.29. The third kappa shape index (κ3) is 4.42. The van der Waals surface area contributed by atoms with Gasteiger partial charge >= 0.3 is 0 Å². The standard InChI is InChI=1S/C23H27N3OS/c1-15-4-9-20-21(11-15)28-23(25-20)18-5-7-19(8-6-18)24-22(27)14-26-12-16(2)10-17(3)13-26/h4-9,11,16-17H,10,12-14H2,1-3H3,(H,24,27). The average molecular weight is 394 g/mol. The molecule has 0 aliphatic carbocycles. The van der Waals surface area contributed by atoms with Crippen LogP contribution in [-0.2, 0) is 4.79 Å². The molecule has 0 bridgehead atoms. The van der Waals surface area contributed by atoms with Crippen molar-refractivity contribution in [1.29, 1.82) is 0 Å². The summed E-state index contributed by atoms with van der Waals surface area (Å²) >= 11 is 1.70. The maximum atomic E-state index is 12.4. The second-order valence-electron chi connectivity index (χ2n) is 8.26. The molecule has 1 N–H and O–H groups in total. The Balaban J connectivity index is 1.40. The molecule has 146 valence electrons. The Labute approximate surface area is 170 Å². The molecule has 5 heteroatoms. The molecule has 4 rings (SSSR count). The van der Waals surface area contributed by atoms with Crippen LogP contribution in [0.25, 0.3) is 20.8 Å². The van der Waals surface area contributed by atoms with Gasteiger partial charge in [0.25, 0.3) is 0 Å². The minimum absolute atomic E-state index is 0.0597. The van der Waals surface area contributed by atoms with Gasteiger partial charge in [-0.1, -0.05) is 19.9 Å². The van der Waals surface area contributed by atoms with Gasteiger partial charge in [-0.05, 0) is 67.1 Å². The number of thiazole rings is 1. The summed E-state index contributed by atoms with van der Waals surface area (Å²) in [6, 6.07) is 14.3. The highest BCUT2D eigenvalue weighted by atomic mass is 32.1. The summed E-state index contributed by atoms with van der Waals surface area (Å²) in [5, 5.41) is 4.04. The maximum Gasteiger partial charge on any atom is 0.238 e. The van der Waals surface area contributed by atoms with E-state index in [4.69, 9.17) is 4.98 Å². The van der Waals surface area contributed by atoms with Gasteiger partial charge in [0.1, 0.15) is 5.01 Å². The summed E-state index contributed by atoms with van der Waals surface area (Å²) in [5.74, 6) is 1.38. The molecule has 2 atom stereocenters. The summed E-state index contributed by atoms with van der Waals surface area (Å²) in [4.78, 5) is 19.4. The highest BCUT2D eigenvalue weighted by Gasteiger charge is 2.23. The molecule has 2 unspecified atom stereocenters. The topological polar surface area (TPSA) is 45.2 Å². The van der Waals surface area contributed by atoms with E-state index in [2.05, 4.69) is 49.2 Å². The first-order chi connectivity index (χ1) is 13.5. The smallest absolute Gasteiger partial charge is 0.238 e. The number of benzene rings is 2. The zero-order chi connectivity index (χ0) is 19.7. The van der Waals surface area contributed by atoms with E-state index < -0.39 is 0 Å². The van der Waals surface area contributed by atoms with Crippen molar-refractivity contribution in [3.63, 3.8) is 0 Å². The van der Waals surface area contributed by atoms with Gasteiger partial charge in [0.15, 0.2) is 0 Å². The van der Waals surface area contributed by atoms with E-state index in [-0.39, 0.29) is 5.91 Å². The number of carbonyl (C=O) groups is 1. The molecular weight excluding hydrogens is 366 g/mol. The van der Waals surface area contributed by atoms with Crippen molar-refractivity contribution >= 4 is 33.1 Å². The van der Waals surface area contributed by atoms with Crippen molar-refractivity contribution in [2.24, 2.45) is 11.8 Å².